The zero-order valence-electron chi connectivity index (χ0n) is 14.5. The van der Waals surface area contributed by atoms with Crippen LogP contribution in [0.1, 0.15) is 11.3 Å². The number of amides is 1. The fourth-order valence-corrected chi connectivity index (χ4v) is 2.56. The van der Waals surface area contributed by atoms with Gasteiger partial charge in [0.25, 0.3) is 0 Å². The number of halogens is 1. The van der Waals surface area contributed by atoms with Gasteiger partial charge in [-0.1, -0.05) is 17.7 Å². The summed E-state index contributed by atoms with van der Waals surface area (Å²) < 4.78 is 10.5. The van der Waals surface area contributed by atoms with E-state index in [0.29, 0.717) is 29.5 Å². The zero-order valence-corrected chi connectivity index (χ0v) is 15.3. The molecule has 0 atom stereocenters. The smallest absolute Gasteiger partial charge is 0.246 e. The van der Waals surface area contributed by atoms with Crippen LogP contribution < -0.4 is 9.47 Å². The molecule has 1 aromatic carbocycles. The predicted molar refractivity (Wildman–Crippen MR) is 99.2 cm³/mol. The molecule has 0 radical (unpaired) electrons. The summed E-state index contributed by atoms with van der Waals surface area (Å²) in [5.41, 5.74) is 1.71. The van der Waals surface area contributed by atoms with Crippen molar-refractivity contribution >= 4 is 23.6 Å². The minimum absolute atomic E-state index is 0.0955. The Balaban J connectivity index is 2.00. The summed E-state index contributed by atoms with van der Waals surface area (Å²) in [7, 11) is 4.83. The highest BCUT2D eigenvalue weighted by Crippen LogP contribution is 2.36. The van der Waals surface area contributed by atoms with Gasteiger partial charge in [-0.05, 0) is 35.9 Å². The number of nitrogens with zero attached hydrogens (tertiary/aromatic N) is 2. The highest BCUT2D eigenvalue weighted by atomic mass is 35.5. The number of pyridine rings is 1. The third-order valence-corrected chi connectivity index (χ3v) is 3.96. The Labute approximate surface area is 152 Å². The van der Waals surface area contributed by atoms with Crippen LogP contribution in [0.4, 0.5) is 0 Å². The first-order chi connectivity index (χ1) is 12.0. The van der Waals surface area contributed by atoms with Gasteiger partial charge in [-0.2, -0.15) is 0 Å². The number of methoxy groups -OCH3 is 2. The molecule has 0 unspecified atom stereocenters. The van der Waals surface area contributed by atoms with E-state index in [2.05, 4.69) is 4.98 Å². The lowest BCUT2D eigenvalue weighted by molar-refractivity contribution is -0.124. The first-order valence-corrected chi connectivity index (χ1v) is 8.17. The minimum atomic E-state index is -0.0955. The van der Waals surface area contributed by atoms with E-state index in [4.69, 9.17) is 21.1 Å². The standard InChI is InChI=1S/C19H21ClN2O3/c1-22(11-9-15-6-4-5-10-21-15)18(23)8-7-14-12-16(20)19(25-3)17(13-14)24-2/h4-8,10,12-13H,9,11H2,1-3H3/b8-7+. The van der Waals surface area contributed by atoms with Gasteiger partial charge in [0.05, 0.1) is 19.2 Å². The van der Waals surface area contributed by atoms with Crippen LogP contribution in [-0.4, -0.2) is 43.6 Å². The zero-order chi connectivity index (χ0) is 18.2. The van der Waals surface area contributed by atoms with E-state index >= 15 is 0 Å². The second-order valence-electron chi connectivity index (χ2n) is 5.40. The number of carbonyl (C=O) groups is 1. The number of likely N-dealkylation sites (N-methyl/N-ethyl adjacent to an activating group) is 1. The molecule has 0 aliphatic carbocycles. The molecule has 25 heavy (non-hydrogen) atoms. The Morgan fingerprint density at radius 2 is 2.08 bits per heavy atom. The molecule has 1 heterocycles. The van der Waals surface area contributed by atoms with Crippen LogP contribution in [0.15, 0.2) is 42.6 Å². The van der Waals surface area contributed by atoms with E-state index in [1.807, 2.05) is 18.2 Å². The molecule has 132 valence electrons. The van der Waals surface area contributed by atoms with Gasteiger partial charge in [0.1, 0.15) is 0 Å². The number of carbonyl (C=O) groups excluding carboxylic acids is 1. The summed E-state index contributed by atoms with van der Waals surface area (Å²) in [6.45, 7) is 0.590. The van der Waals surface area contributed by atoms with Crippen molar-refractivity contribution in [3.05, 3.63) is 58.9 Å². The summed E-state index contributed by atoms with van der Waals surface area (Å²) in [5, 5.41) is 0.428. The van der Waals surface area contributed by atoms with E-state index in [9.17, 15) is 4.79 Å². The van der Waals surface area contributed by atoms with Crippen molar-refractivity contribution in [1.82, 2.24) is 9.88 Å². The highest BCUT2D eigenvalue weighted by molar-refractivity contribution is 6.32. The monoisotopic (exact) mass is 360 g/mol. The second-order valence-corrected chi connectivity index (χ2v) is 5.81. The lowest BCUT2D eigenvalue weighted by Gasteiger charge is -2.14. The molecule has 0 fully saturated rings. The Kier molecular flexibility index (Phi) is 6.83. The van der Waals surface area contributed by atoms with E-state index in [1.165, 1.54) is 20.3 Å². The number of aromatic nitrogens is 1. The molecule has 0 spiro atoms. The average molecular weight is 361 g/mol. The molecular formula is C19H21ClN2O3. The highest BCUT2D eigenvalue weighted by Gasteiger charge is 2.10. The third-order valence-electron chi connectivity index (χ3n) is 3.68. The van der Waals surface area contributed by atoms with Gasteiger partial charge < -0.3 is 14.4 Å². The number of rotatable bonds is 7. The average Bonchev–Trinajstić information content (AvgIpc) is 2.64. The number of hydrogen-bond donors (Lipinski definition) is 0. The fraction of sp³-hybridized carbons (Fsp3) is 0.263. The normalized spacial score (nSPS) is 10.7. The topological polar surface area (TPSA) is 51.7 Å². The Bertz CT molecular complexity index is 748. The molecular weight excluding hydrogens is 340 g/mol. The lowest BCUT2D eigenvalue weighted by atomic mass is 10.2. The van der Waals surface area contributed by atoms with Crippen molar-refractivity contribution in [3.8, 4) is 11.5 Å². The molecule has 0 N–H and O–H groups in total. The third kappa shape index (κ3) is 5.22. The minimum Gasteiger partial charge on any atom is -0.493 e. The van der Waals surface area contributed by atoms with Crippen LogP contribution in [0.3, 0.4) is 0 Å². The Hall–Kier alpha value is -2.53. The summed E-state index contributed by atoms with van der Waals surface area (Å²) in [6.07, 6.45) is 5.67. The first kappa shape index (κ1) is 18.8. The molecule has 1 amide bonds. The van der Waals surface area contributed by atoms with Crippen LogP contribution in [-0.2, 0) is 11.2 Å². The summed E-state index contributed by atoms with van der Waals surface area (Å²) >= 11 is 6.17. The van der Waals surface area contributed by atoms with Gasteiger partial charge in [-0.25, -0.2) is 0 Å². The van der Waals surface area contributed by atoms with E-state index in [0.717, 1.165) is 11.3 Å². The Morgan fingerprint density at radius 3 is 2.72 bits per heavy atom. The number of benzene rings is 1. The molecule has 1 aromatic heterocycles. The van der Waals surface area contributed by atoms with Crippen LogP contribution in [0.5, 0.6) is 11.5 Å². The van der Waals surface area contributed by atoms with Gasteiger partial charge in [-0.3, -0.25) is 9.78 Å². The van der Waals surface area contributed by atoms with Crippen molar-refractivity contribution in [2.45, 2.75) is 6.42 Å². The van der Waals surface area contributed by atoms with Crippen LogP contribution in [0, 0.1) is 0 Å². The van der Waals surface area contributed by atoms with Gasteiger partial charge >= 0.3 is 0 Å². The molecule has 2 aromatic rings. The Morgan fingerprint density at radius 1 is 1.28 bits per heavy atom. The first-order valence-electron chi connectivity index (χ1n) is 7.79. The predicted octanol–water partition coefficient (Wildman–Crippen LogP) is 3.47. The maximum absolute atomic E-state index is 12.2. The van der Waals surface area contributed by atoms with Crippen molar-refractivity contribution in [1.29, 1.82) is 0 Å². The molecule has 2 rings (SSSR count). The summed E-state index contributed by atoms with van der Waals surface area (Å²) in [6, 6.07) is 9.24. The van der Waals surface area contributed by atoms with Gasteiger partial charge in [0.15, 0.2) is 11.5 Å². The van der Waals surface area contributed by atoms with Crippen molar-refractivity contribution < 1.29 is 14.3 Å². The van der Waals surface area contributed by atoms with Crippen molar-refractivity contribution in [2.75, 3.05) is 27.8 Å². The molecule has 5 nitrogen and oxygen atoms in total. The lowest BCUT2D eigenvalue weighted by Crippen LogP contribution is -2.27. The molecule has 0 aliphatic heterocycles. The molecule has 6 heteroatoms. The van der Waals surface area contributed by atoms with Gasteiger partial charge in [0.2, 0.25) is 5.91 Å². The maximum atomic E-state index is 12.2. The van der Waals surface area contributed by atoms with E-state index in [-0.39, 0.29) is 5.91 Å². The summed E-state index contributed by atoms with van der Waals surface area (Å²) in [4.78, 5) is 18.1. The van der Waals surface area contributed by atoms with E-state index < -0.39 is 0 Å². The molecule has 0 saturated carbocycles. The largest absolute Gasteiger partial charge is 0.493 e. The van der Waals surface area contributed by atoms with Crippen molar-refractivity contribution in [3.63, 3.8) is 0 Å². The van der Waals surface area contributed by atoms with Crippen molar-refractivity contribution in [2.24, 2.45) is 0 Å². The maximum Gasteiger partial charge on any atom is 0.246 e. The number of hydrogen-bond acceptors (Lipinski definition) is 4. The quantitative estimate of drug-likeness (QED) is 0.709. The van der Waals surface area contributed by atoms with Crippen LogP contribution >= 0.6 is 11.6 Å². The second kappa shape index (κ2) is 9.08. The number of ether oxygens (including phenoxy) is 2. The fourth-order valence-electron chi connectivity index (χ4n) is 2.27. The van der Waals surface area contributed by atoms with Crippen LogP contribution in [0.25, 0.3) is 6.08 Å². The SMILES string of the molecule is COc1cc(/C=C/C(=O)N(C)CCc2ccccn2)cc(Cl)c1OC. The molecule has 0 aliphatic rings. The summed E-state index contributed by atoms with van der Waals surface area (Å²) in [5.74, 6) is 0.896. The van der Waals surface area contributed by atoms with Crippen LogP contribution in [0.2, 0.25) is 5.02 Å². The molecule has 0 bridgehead atoms. The van der Waals surface area contributed by atoms with Gasteiger partial charge in [-0.15, -0.1) is 0 Å². The van der Waals surface area contributed by atoms with Gasteiger partial charge in [0, 0.05) is 38.0 Å². The van der Waals surface area contributed by atoms with E-state index in [1.54, 1.807) is 36.4 Å². The molecule has 0 saturated heterocycles.